The molecule has 8 heteroatoms. The molecule has 0 amide bonds. The number of furan rings is 5. The number of nitrogens with zero attached hydrogens (tertiary/aromatic N) is 3. The van der Waals surface area contributed by atoms with Crippen LogP contribution >= 0.6 is 0 Å². The van der Waals surface area contributed by atoms with Crippen LogP contribution in [0.4, 0.5) is 51.2 Å². The zero-order valence-electron chi connectivity index (χ0n) is 79.1. The van der Waals surface area contributed by atoms with Gasteiger partial charge in [-0.25, -0.2) is 0 Å². The molecule has 0 aliphatic heterocycles. The summed E-state index contributed by atoms with van der Waals surface area (Å²) in [6.07, 6.45) is 0. The summed E-state index contributed by atoms with van der Waals surface area (Å²) < 4.78 is 31.3. The largest absolute Gasteiger partial charge is 0.456 e. The summed E-state index contributed by atoms with van der Waals surface area (Å²) in [6, 6.07) is 187. The van der Waals surface area contributed by atoms with E-state index in [9.17, 15) is 0 Å². The summed E-state index contributed by atoms with van der Waals surface area (Å²) >= 11 is 0. The summed E-state index contributed by atoms with van der Waals surface area (Å²) in [7, 11) is 0. The molecule has 0 saturated heterocycles. The number of para-hydroxylation sites is 7. The van der Waals surface area contributed by atoms with Gasteiger partial charge in [-0.15, -0.1) is 0 Å². The van der Waals surface area contributed by atoms with Gasteiger partial charge in [0.1, 0.15) is 55.8 Å². The maximum absolute atomic E-state index is 6.31. The van der Waals surface area contributed by atoms with Gasteiger partial charge in [0.05, 0.1) is 0 Å². The molecule has 25 aromatic carbocycles. The van der Waals surface area contributed by atoms with Crippen LogP contribution in [0.5, 0.6) is 0 Å². The predicted octanol–water partition coefficient (Wildman–Crippen LogP) is 40.2. The Bertz CT molecular complexity index is 10300. The second-order valence-corrected chi connectivity index (χ2v) is 37.6. The first kappa shape index (κ1) is 84.5. The third-order valence-electron chi connectivity index (χ3n) is 29.1. The highest BCUT2D eigenvalue weighted by Gasteiger charge is 2.25. The molecule has 0 aliphatic carbocycles. The van der Waals surface area contributed by atoms with E-state index in [1.807, 2.05) is 54.6 Å². The number of benzene rings is 25. The lowest BCUT2D eigenvalue weighted by molar-refractivity contribution is 0.668. The fourth-order valence-corrected chi connectivity index (χ4v) is 22.3. The zero-order valence-corrected chi connectivity index (χ0v) is 79.1. The Balaban J connectivity index is 0.000000106. The molecule has 30 aromatic rings. The lowest BCUT2D eigenvalue weighted by Crippen LogP contribution is -2.10. The molecule has 0 aliphatic rings. The molecule has 0 saturated carbocycles. The molecule has 0 N–H and O–H groups in total. The summed E-state index contributed by atoms with van der Waals surface area (Å²) in [5, 5.41) is 26.2. The van der Waals surface area contributed by atoms with E-state index in [2.05, 4.69) is 488 Å². The molecule has 5 aromatic heterocycles. The van der Waals surface area contributed by atoms with Crippen LogP contribution in [0, 0.1) is 0 Å². The van der Waals surface area contributed by atoms with Crippen LogP contribution in [0.15, 0.2) is 550 Å². The maximum atomic E-state index is 6.31. The van der Waals surface area contributed by atoms with Crippen molar-refractivity contribution in [1.82, 2.24) is 0 Å². The first-order chi connectivity index (χ1) is 72.3. The second kappa shape index (κ2) is 35.4. The molecule has 0 atom stereocenters. The maximum Gasteiger partial charge on any atom is 0.137 e. The van der Waals surface area contributed by atoms with Crippen LogP contribution in [0.25, 0.3) is 230 Å². The number of rotatable bonds is 14. The summed E-state index contributed by atoms with van der Waals surface area (Å²) in [5.41, 5.74) is 30.6. The average Bonchev–Trinajstić information content (AvgIpc) is 1.55. The Labute approximate surface area is 839 Å². The van der Waals surface area contributed by atoms with Crippen LogP contribution < -0.4 is 14.7 Å². The number of hydrogen-bond donors (Lipinski definition) is 0. The quantitative estimate of drug-likeness (QED) is 0.0997. The zero-order chi connectivity index (χ0) is 96.2. The lowest BCUT2D eigenvalue weighted by atomic mass is 9.92. The van der Waals surface area contributed by atoms with Gasteiger partial charge in [0, 0.05) is 133 Å². The van der Waals surface area contributed by atoms with Crippen molar-refractivity contribution in [2.45, 2.75) is 0 Å². The van der Waals surface area contributed by atoms with E-state index >= 15 is 0 Å². The molecule has 30 rings (SSSR count). The van der Waals surface area contributed by atoms with E-state index < -0.39 is 0 Å². The highest BCUT2D eigenvalue weighted by molar-refractivity contribution is 6.30. The van der Waals surface area contributed by atoms with Gasteiger partial charge >= 0.3 is 0 Å². The monoisotopic (exact) mass is 1870 g/mol. The molecule has 5 heterocycles. The third kappa shape index (κ3) is 14.8. The molecular weight excluding hydrogens is 1780 g/mol. The van der Waals surface area contributed by atoms with Crippen LogP contribution in [-0.4, -0.2) is 0 Å². The molecule has 0 unspecified atom stereocenters. The van der Waals surface area contributed by atoms with E-state index in [0.717, 1.165) is 150 Å². The molecule has 8 nitrogen and oxygen atoms in total. The molecule has 0 spiro atoms. The third-order valence-corrected chi connectivity index (χ3v) is 29.1. The first-order valence-corrected chi connectivity index (χ1v) is 49.6. The van der Waals surface area contributed by atoms with Crippen LogP contribution in [0.2, 0.25) is 0 Å². The van der Waals surface area contributed by atoms with Crippen LogP contribution in [0.1, 0.15) is 0 Å². The molecule has 684 valence electrons. The Hall–Kier alpha value is -19.5. The molecule has 0 bridgehead atoms. The Morgan fingerprint density at radius 2 is 0.356 bits per heavy atom. The fraction of sp³-hybridized carbons (Fsp3) is 0. The minimum atomic E-state index is 0.877. The van der Waals surface area contributed by atoms with E-state index in [0.29, 0.717) is 0 Å². The van der Waals surface area contributed by atoms with Crippen molar-refractivity contribution in [2.24, 2.45) is 0 Å². The molecule has 0 radical (unpaired) electrons. The average molecular weight is 1870 g/mol. The van der Waals surface area contributed by atoms with Gasteiger partial charge in [-0.3, -0.25) is 0 Å². The molecule has 0 fully saturated rings. The number of hydrogen-bond acceptors (Lipinski definition) is 8. The lowest BCUT2D eigenvalue weighted by Gasteiger charge is -2.26. The molecule has 146 heavy (non-hydrogen) atoms. The van der Waals surface area contributed by atoms with Gasteiger partial charge in [-0.2, -0.15) is 0 Å². The van der Waals surface area contributed by atoms with Crippen molar-refractivity contribution in [3.8, 4) is 55.6 Å². The summed E-state index contributed by atoms with van der Waals surface area (Å²) in [5.74, 6) is 0. The Kier molecular flexibility index (Phi) is 20.5. The van der Waals surface area contributed by atoms with Crippen molar-refractivity contribution in [3.63, 3.8) is 0 Å². The highest BCUT2D eigenvalue weighted by atomic mass is 16.3. The second-order valence-electron chi connectivity index (χ2n) is 37.6. The summed E-state index contributed by atoms with van der Waals surface area (Å²) in [6.45, 7) is 0. The smallest absolute Gasteiger partial charge is 0.137 e. The molecular formula is C138H87N3O5. The van der Waals surface area contributed by atoms with E-state index in [1.165, 1.54) is 131 Å². The van der Waals surface area contributed by atoms with Crippen LogP contribution in [0.3, 0.4) is 0 Å². The van der Waals surface area contributed by atoms with Gasteiger partial charge in [0.15, 0.2) is 0 Å². The Morgan fingerprint density at radius 1 is 0.110 bits per heavy atom. The van der Waals surface area contributed by atoms with Crippen molar-refractivity contribution >= 4 is 226 Å². The minimum Gasteiger partial charge on any atom is -0.456 e. The number of anilines is 9. The first-order valence-electron chi connectivity index (χ1n) is 49.6. The van der Waals surface area contributed by atoms with Crippen molar-refractivity contribution in [2.75, 3.05) is 14.7 Å². The topological polar surface area (TPSA) is 75.4 Å². The fourth-order valence-electron chi connectivity index (χ4n) is 22.3. The van der Waals surface area contributed by atoms with Crippen molar-refractivity contribution < 1.29 is 22.1 Å². The predicted molar refractivity (Wildman–Crippen MR) is 612 cm³/mol. The van der Waals surface area contributed by atoms with E-state index in [-0.39, 0.29) is 0 Å². The van der Waals surface area contributed by atoms with E-state index in [1.54, 1.807) is 0 Å². The van der Waals surface area contributed by atoms with Gasteiger partial charge in [0.25, 0.3) is 0 Å². The normalized spacial score (nSPS) is 11.7. The minimum absolute atomic E-state index is 0.877. The van der Waals surface area contributed by atoms with Gasteiger partial charge in [-0.1, -0.05) is 346 Å². The standard InChI is InChI=1S/C50H33NO.2C44H27NO2/c1-3-11-34(12-4-1)36-21-27-40(28-22-36)51(41-29-23-37(24-30-41)35-13-5-2-6-14-35)42-16-9-15-39(33-42)43-18-10-19-45-44(43)31-25-38-26-32-48-50(49(38)45)46-17-7-8-20-47(46)52-48;1-2-10-32(11-3-1)45(34-21-23-37-36-13-4-6-15-39(36)47-42(37)27-34)33-12-8-9-29(26-33)30-19-22-35-31(25-30)18-17-28-20-24-41-44(43(28)35)38-14-5-7-16-40(38)46-41;1-2-8-32(9-3-1)45(34-22-24-37-36-10-4-6-12-39(36)47-42(37)27-34)33-20-16-28(17-21-33)30-18-23-35-31(26-30)15-14-29-19-25-41-44(43(29)35)38-11-5-7-13-40(38)46-41/h1-33H;2*1-27H. The van der Waals surface area contributed by atoms with Crippen molar-refractivity contribution in [3.05, 3.63) is 528 Å². The van der Waals surface area contributed by atoms with Gasteiger partial charge in [-0.05, 0) is 274 Å². The van der Waals surface area contributed by atoms with Gasteiger partial charge < -0.3 is 36.8 Å². The van der Waals surface area contributed by atoms with Crippen LogP contribution in [-0.2, 0) is 0 Å². The number of fused-ring (bicyclic) bond motifs is 27. The van der Waals surface area contributed by atoms with Crippen molar-refractivity contribution in [1.29, 1.82) is 0 Å². The highest BCUT2D eigenvalue weighted by Crippen LogP contribution is 2.50. The SMILES string of the molecule is c1ccc(-c2ccc(N(c3ccc(-c4ccccc4)cc3)c3cccc(-c4cccc5c4ccc4ccc6oc7ccccc7c6c45)c3)cc2)cc1.c1ccc(N(c2ccc(-c3ccc4c(ccc5ccc6oc7ccccc7c6c54)c3)cc2)c2ccc3c(c2)oc2ccccc23)cc1.c1ccc(N(c2cccc(-c3ccc4c(ccc5ccc6oc7ccccc7c6c54)c3)c2)c2ccc3c(c2)oc2ccccc23)cc1. The van der Waals surface area contributed by atoms with Gasteiger partial charge in [0.2, 0.25) is 0 Å². The summed E-state index contributed by atoms with van der Waals surface area (Å²) in [4.78, 5) is 6.93. The van der Waals surface area contributed by atoms with E-state index in [4.69, 9.17) is 22.1 Å². The Morgan fingerprint density at radius 3 is 0.795 bits per heavy atom.